The predicted molar refractivity (Wildman–Crippen MR) is 247 cm³/mol. The second-order valence-electron chi connectivity index (χ2n) is 16.9. The first-order valence-corrected chi connectivity index (χ1v) is 24.0. The van der Waals surface area contributed by atoms with Gasteiger partial charge in [-0.2, -0.15) is 4.31 Å². The van der Waals surface area contributed by atoms with Gasteiger partial charge in [-0.15, -0.1) is 5.10 Å². The molecule has 3 aliphatic rings. The molecule has 21 nitrogen and oxygen atoms in total. The van der Waals surface area contributed by atoms with E-state index in [1.165, 1.54) is 28.6 Å². The minimum Gasteiger partial charge on any atom is -0.489 e. The Morgan fingerprint density at radius 2 is 1.69 bits per heavy atom. The van der Waals surface area contributed by atoms with Crippen LogP contribution in [0.1, 0.15) is 75.1 Å². The molecule has 5 aromatic rings. The molecule has 1 saturated heterocycles. The number of aryl methyl sites for hydroxylation is 2. The molecule has 8 rings (SSSR count). The Bertz CT molecular complexity index is 2980. The zero-order valence-electron chi connectivity index (χ0n) is 38.5. The average molecular weight is 982 g/mol. The fourth-order valence-electron chi connectivity index (χ4n) is 8.64. The van der Waals surface area contributed by atoms with Gasteiger partial charge >= 0.3 is 5.97 Å². The van der Waals surface area contributed by atoms with Crippen LogP contribution in [0, 0.1) is 6.92 Å². The number of imide groups is 2. The van der Waals surface area contributed by atoms with E-state index in [1.54, 1.807) is 42.1 Å². The quantitative estimate of drug-likeness (QED) is 0.0748. The van der Waals surface area contributed by atoms with Crippen molar-refractivity contribution in [2.75, 3.05) is 52.7 Å². The van der Waals surface area contributed by atoms with Crippen LogP contribution >= 0.6 is 0 Å². The second kappa shape index (κ2) is 21.2. The fourth-order valence-corrected chi connectivity index (χ4v) is 10.3. The molecule has 1 aromatic heterocycles. The smallest absolute Gasteiger partial charge is 0.304 e. The molecule has 0 saturated carbocycles. The molecule has 22 heteroatoms. The number of rotatable bonds is 20. The summed E-state index contributed by atoms with van der Waals surface area (Å²) in [5.74, 6) is -4.15. The molecule has 4 aromatic carbocycles. The summed E-state index contributed by atoms with van der Waals surface area (Å²) in [4.78, 5) is 76.2. The number of carboxylic acids is 1. The largest absolute Gasteiger partial charge is 0.489 e. The number of sulfonamides is 1. The van der Waals surface area contributed by atoms with E-state index in [4.69, 9.17) is 23.7 Å². The third-order valence-corrected chi connectivity index (χ3v) is 13.9. The molecule has 3 aliphatic heterocycles. The minimum absolute atomic E-state index is 0.00541. The lowest BCUT2D eigenvalue weighted by atomic mass is 9.86. The molecule has 0 radical (unpaired) electrons. The van der Waals surface area contributed by atoms with E-state index in [9.17, 15) is 42.3 Å². The van der Waals surface area contributed by atoms with Gasteiger partial charge in [0.25, 0.3) is 17.7 Å². The van der Waals surface area contributed by atoms with E-state index in [1.807, 2.05) is 32.0 Å². The molecule has 70 heavy (non-hydrogen) atoms. The number of fused-ring (bicyclic) bond motifs is 3. The topological polar surface area (TPSA) is 264 Å². The van der Waals surface area contributed by atoms with Gasteiger partial charge in [-0.3, -0.25) is 39.0 Å². The molecule has 4 heterocycles. The number of benzene rings is 4. The first kappa shape index (κ1) is 49.2. The van der Waals surface area contributed by atoms with Crippen LogP contribution in [0.4, 0.5) is 0 Å². The molecular weight excluding hydrogens is 931 g/mol. The van der Waals surface area contributed by atoms with Crippen molar-refractivity contribution in [3.63, 3.8) is 0 Å². The fraction of sp³-hybridized carbons (Fsp3) is 0.375. The summed E-state index contributed by atoms with van der Waals surface area (Å²) < 4.78 is 59.8. The zero-order valence-corrected chi connectivity index (χ0v) is 39.4. The molecule has 368 valence electrons. The standard InChI is InChI=1S/C48H51N7O14S/c1-28-11-12-30(21-32(28)26-54-25-29(2)69-37-8-4-5-10-40(37)70(54,63)64)34(24-43(58)59)31-22-35-45(53(3)52-51-35)39(23-31)67-20-19-66-18-17-65-16-15-49-42(57)27-68-38-9-6-7-33-44(38)48(62)55(47(33)61)36-13-14-41(56)50-46(36)60/h4-12,21-23,29,34,36H,13-20,24-27H2,1-3H3,(H,49,57)(H,58,59)(H,50,56,60)/t29-,34?,36?/m1/s1. The number of piperidine rings is 1. The third kappa shape index (κ3) is 10.6. The van der Waals surface area contributed by atoms with Gasteiger partial charge in [-0.05, 0) is 78.9 Å². The lowest BCUT2D eigenvalue weighted by Crippen LogP contribution is -2.54. The van der Waals surface area contributed by atoms with E-state index in [2.05, 4.69) is 20.9 Å². The normalized spacial score (nSPS) is 18.1. The number of amides is 5. The van der Waals surface area contributed by atoms with Gasteiger partial charge in [0.1, 0.15) is 51.9 Å². The van der Waals surface area contributed by atoms with Gasteiger partial charge in [0.2, 0.25) is 21.8 Å². The molecule has 3 N–H and O–H groups in total. The lowest BCUT2D eigenvalue weighted by Gasteiger charge is -2.27. The summed E-state index contributed by atoms with van der Waals surface area (Å²) in [6.45, 7) is 4.38. The van der Waals surface area contributed by atoms with Crippen LogP contribution in [-0.4, -0.2) is 138 Å². The van der Waals surface area contributed by atoms with Gasteiger partial charge in [-0.1, -0.05) is 41.6 Å². The number of hydrogen-bond donors (Lipinski definition) is 3. The Balaban J connectivity index is 0.813. The van der Waals surface area contributed by atoms with Crippen molar-refractivity contribution >= 4 is 56.6 Å². The lowest BCUT2D eigenvalue weighted by molar-refractivity contribution is -0.138. The zero-order chi connectivity index (χ0) is 49.7. The number of aliphatic carboxylic acids is 1. The number of para-hydroxylation sites is 1. The monoisotopic (exact) mass is 981 g/mol. The highest BCUT2D eigenvalue weighted by atomic mass is 32.2. The Kier molecular flexibility index (Phi) is 14.9. The van der Waals surface area contributed by atoms with Crippen LogP contribution in [0.2, 0.25) is 0 Å². The second-order valence-corrected chi connectivity index (χ2v) is 18.9. The summed E-state index contributed by atoms with van der Waals surface area (Å²) in [7, 11) is -2.21. The van der Waals surface area contributed by atoms with Gasteiger partial charge in [0.15, 0.2) is 6.61 Å². The molecule has 2 unspecified atom stereocenters. The molecule has 0 bridgehead atoms. The Hall–Kier alpha value is -7.27. The van der Waals surface area contributed by atoms with Crippen LogP contribution in [0.3, 0.4) is 0 Å². The van der Waals surface area contributed by atoms with Gasteiger partial charge in [0, 0.05) is 32.5 Å². The highest BCUT2D eigenvalue weighted by Gasteiger charge is 2.46. The number of nitrogens with one attached hydrogen (secondary N) is 2. The number of carbonyl (C=O) groups excluding carboxylic acids is 5. The number of aromatic nitrogens is 3. The summed E-state index contributed by atoms with van der Waals surface area (Å²) >= 11 is 0. The van der Waals surface area contributed by atoms with E-state index in [0.717, 1.165) is 10.5 Å². The van der Waals surface area contributed by atoms with Crippen LogP contribution in [0.5, 0.6) is 17.2 Å². The molecule has 1 fully saturated rings. The molecule has 0 aliphatic carbocycles. The number of carbonyl (C=O) groups is 6. The van der Waals surface area contributed by atoms with E-state index in [0.29, 0.717) is 39.2 Å². The van der Waals surface area contributed by atoms with Crippen molar-refractivity contribution in [2.45, 2.75) is 62.6 Å². The first-order valence-electron chi connectivity index (χ1n) is 22.5. The van der Waals surface area contributed by atoms with E-state index in [-0.39, 0.29) is 93.7 Å². The molecule has 5 amide bonds. The van der Waals surface area contributed by atoms with Gasteiger partial charge in [-0.25, -0.2) is 13.1 Å². The molecule has 3 atom stereocenters. The van der Waals surface area contributed by atoms with Crippen molar-refractivity contribution < 1.29 is 66.0 Å². The first-order chi connectivity index (χ1) is 33.6. The van der Waals surface area contributed by atoms with Crippen LogP contribution in [-0.2, 0) is 52.3 Å². The maximum atomic E-state index is 13.9. The Morgan fingerprint density at radius 1 is 0.914 bits per heavy atom. The van der Waals surface area contributed by atoms with E-state index >= 15 is 0 Å². The summed E-state index contributed by atoms with van der Waals surface area (Å²) in [6.07, 6.45) is -0.701. The number of ether oxygens (including phenoxy) is 5. The Morgan fingerprint density at radius 3 is 2.47 bits per heavy atom. The van der Waals surface area contributed by atoms with Crippen molar-refractivity contribution in [3.05, 3.63) is 106 Å². The highest BCUT2D eigenvalue weighted by Crippen LogP contribution is 2.38. The highest BCUT2D eigenvalue weighted by molar-refractivity contribution is 7.89. The number of nitrogens with zero attached hydrogens (tertiary/aromatic N) is 5. The van der Waals surface area contributed by atoms with Crippen molar-refractivity contribution in [1.29, 1.82) is 0 Å². The van der Waals surface area contributed by atoms with Crippen molar-refractivity contribution in [3.8, 4) is 17.2 Å². The summed E-state index contributed by atoms with van der Waals surface area (Å²) in [6, 6.07) is 18.9. The maximum absolute atomic E-state index is 13.9. The SMILES string of the molecule is Cc1ccc(C(CC(=O)O)c2cc(OCCOCCOCCNC(=O)COc3cccc4c3C(=O)N(C3CCC(=O)NC3=O)C4=O)c3c(c2)nnn3C)cc1CN1C[C@@H](C)Oc2ccccc2S1(=O)=O. The van der Waals surface area contributed by atoms with Gasteiger partial charge < -0.3 is 34.1 Å². The molecular formula is C48H51N7O14S. The minimum atomic E-state index is -3.92. The summed E-state index contributed by atoms with van der Waals surface area (Å²) in [5.41, 5.74) is 3.88. The Labute approximate surface area is 402 Å². The molecule has 0 spiro atoms. The predicted octanol–water partition coefficient (Wildman–Crippen LogP) is 2.86. The third-order valence-electron chi connectivity index (χ3n) is 12.1. The van der Waals surface area contributed by atoms with E-state index < -0.39 is 70.2 Å². The average Bonchev–Trinajstić information content (AvgIpc) is 3.80. The maximum Gasteiger partial charge on any atom is 0.304 e. The number of hydrogen-bond acceptors (Lipinski definition) is 15. The van der Waals surface area contributed by atoms with Gasteiger partial charge in [0.05, 0.1) is 50.5 Å². The van der Waals surface area contributed by atoms with Crippen LogP contribution in [0.25, 0.3) is 11.0 Å². The number of carboxylic acid groups (broad SMARTS) is 1. The van der Waals surface area contributed by atoms with Crippen LogP contribution in [0.15, 0.2) is 77.7 Å². The van der Waals surface area contributed by atoms with Crippen molar-refractivity contribution in [1.82, 2.24) is 34.8 Å². The van der Waals surface area contributed by atoms with Crippen molar-refractivity contribution in [2.24, 2.45) is 7.05 Å². The summed E-state index contributed by atoms with van der Waals surface area (Å²) in [5, 5.41) is 23.4. The van der Waals surface area contributed by atoms with Crippen LogP contribution < -0.4 is 24.8 Å².